The van der Waals surface area contributed by atoms with Crippen molar-refractivity contribution >= 4 is 17.8 Å². The van der Waals surface area contributed by atoms with Gasteiger partial charge in [0.1, 0.15) is 0 Å². The molecule has 0 saturated carbocycles. The van der Waals surface area contributed by atoms with Crippen molar-refractivity contribution in [3.05, 3.63) is 0 Å². The van der Waals surface area contributed by atoms with Crippen molar-refractivity contribution in [1.29, 1.82) is 0 Å². The van der Waals surface area contributed by atoms with E-state index >= 15 is 0 Å². The zero-order chi connectivity index (χ0) is 15.7. The average molecular weight is 287 g/mol. The lowest BCUT2D eigenvalue weighted by Gasteiger charge is -2.19. The highest BCUT2D eigenvalue weighted by Gasteiger charge is 2.18. The number of nitrogens with two attached hydrogens (primary N) is 1. The molecule has 0 radical (unpaired) electrons. The van der Waals surface area contributed by atoms with Gasteiger partial charge in [-0.05, 0) is 12.3 Å². The van der Waals surface area contributed by atoms with Gasteiger partial charge in [-0.25, -0.2) is 0 Å². The Bertz CT molecular complexity index is 345. The van der Waals surface area contributed by atoms with Gasteiger partial charge in [0.05, 0.1) is 19.7 Å². The summed E-state index contributed by atoms with van der Waals surface area (Å²) in [6.45, 7) is 4.02. The van der Waals surface area contributed by atoms with Crippen LogP contribution in [0.3, 0.4) is 0 Å². The summed E-state index contributed by atoms with van der Waals surface area (Å²) >= 11 is 0. The fourth-order valence-corrected chi connectivity index (χ4v) is 1.41. The van der Waals surface area contributed by atoms with E-state index in [9.17, 15) is 14.4 Å². The molecule has 0 saturated heterocycles. The molecule has 116 valence electrons. The van der Waals surface area contributed by atoms with Crippen molar-refractivity contribution in [1.82, 2.24) is 10.2 Å². The van der Waals surface area contributed by atoms with Crippen molar-refractivity contribution < 1.29 is 19.1 Å². The molecule has 1 atom stereocenters. The van der Waals surface area contributed by atoms with Crippen LogP contribution in [0, 0.1) is 5.92 Å². The number of hydrogen-bond donors (Lipinski definition) is 2. The van der Waals surface area contributed by atoms with Crippen LogP contribution in [0.1, 0.15) is 26.7 Å². The van der Waals surface area contributed by atoms with Crippen LogP contribution < -0.4 is 11.1 Å². The lowest BCUT2D eigenvalue weighted by molar-refractivity contribution is -0.141. The first-order valence-electron chi connectivity index (χ1n) is 6.63. The summed E-state index contributed by atoms with van der Waals surface area (Å²) in [4.78, 5) is 35.7. The van der Waals surface area contributed by atoms with Gasteiger partial charge in [-0.3, -0.25) is 14.4 Å². The van der Waals surface area contributed by atoms with Crippen LogP contribution in [-0.4, -0.2) is 56.0 Å². The Kier molecular flexibility index (Phi) is 8.54. The third-order valence-electron chi connectivity index (χ3n) is 2.96. The summed E-state index contributed by atoms with van der Waals surface area (Å²) in [7, 11) is 2.94. The minimum absolute atomic E-state index is 0.0166. The van der Waals surface area contributed by atoms with Crippen LogP contribution in [0.4, 0.5) is 0 Å². The predicted octanol–water partition coefficient (Wildman–Crippen LogP) is -0.502. The zero-order valence-corrected chi connectivity index (χ0v) is 12.6. The molecule has 0 spiro atoms. The minimum Gasteiger partial charge on any atom is -0.469 e. The molecule has 0 heterocycles. The van der Waals surface area contributed by atoms with Gasteiger partial charge in [0.15, 0.2) is 0 Å². The number of carbonyl (C=O) groups is 3. The van der Waals surface area contributed by atoms with Crippen molar-refractivity contribution in [2.75, 3.05) is 27.2 Å². The number of carbonyl (C=O) groups excluding carboxylic acids is 3. The summed E-state index contributed by atoms with van der Waals surface area (Å²) in [5.41, 5.74) is 5.66. The molecule has 0 rings (SSSR count). The molecule has 0 aliphatic rings. The van der Waals surface area contributed by atoms with Gasteiger partial charge in [-0.1, -0.05) is 13.8 Å². The highest BCUT2D eigenvalue weighted by molar-refractivity contribution is 5.87. The summed E-state index contributed by atoms with van der Waals surface area (Å²) in [6.07, 6.45) is 0.785. The number of nitrogens with zero attached hydrogens (tertiary/aromatic N) is 1. The Balaban J connectivity index is 3.96. The molecule has 0 aliphatic carbocycles. The van der Waals surface area contributed by atoms with E-state index in [0.717, 1.165) is 0 Å². The Morgan fingerprint density at radius 2 is 1.90 bits per heavy atom. The molecule has 0 bridgehead atoms. The molecule has 0 aromatic heterocycles. The van der Waals surface area contributed by atoms with E-state index in [2.05, 4.69) is 10.1 Å². The number of ether oxygens (including phenoxy) is 1. The fourth-order valence-electron chi connectivity index (χ4n) is 1.41. The van der Waals surface area contributed by atoms with Gasteiger partial charge in [-0.2, -0.15) is 0 Å². The third-order valence-corrected chi connectivity index (χ3v) is 2.96. The number of esters is 1. The summed E-state index contributed by atoms with van der Waals surface area (Å²) in [6, 6.07) is -0.618. The maximum atomic E-state index is 11.7. The first kappa shape index (κ1) is 18.4. The largest absolute Gasteiger partial charge is 0.469 e. The van der Waals surface area contributed by atoms with Crippen LogP contribution in [-0.2, 0) is 19.1 Å². The molecule has 20 heavy (non-hydrogen) atoms. The summed E-state index contributed by atoms with van der Waals surface area (Å²) < 4.78 is 4.51. The molecular formula is C13H25N3O4. The second-order valence-electron chi connectivity index (χ2n) is 4.98. The quantitative estimate of drug-likeness (QED) is 0.586. The Morgan fingerprint density at radius 3 is 2.40 bits per heavy atom. The molecule has 0 fully saturated rings. The maximum absolute atomic E-state index is 11.7. The first-order chi connectivity index (χ1) is 9.29. The normalized spacial score (nSPS) is 11.9. The van der Waals surface area contributed by atoms with Crippen LogP contribution in [0.25, 0.3) is 0 Å². The van der Waals surface area contributed by atoms with E-state index < -0.39 is 6.04 Å². The van der Waals surface area contributed by atoms with E-state index in [1.54, 1.807) is 7.05 Å². The zero-order valence-electron chi connectivity index (χ0n) is 12.6. The van der Waals surface area contributed by atoms with E-state index in [1.165, 1.54) is 12.0 Å². The van der Waals surface area contributed by atoms with E-state index in [0.29, 0.717) is 13.0 Å². The number of methoxy groups -OCH3 is 1. The molecule has 0 aromatic carbocycles. The van der Waals surface area contributed by atoms with Gasteiger partial charge >= 0.3 is 5.97 Å². The van der Waals surface area contributed by atoms with Crippen molar-refractivity contribution in [3.8, 4) is 0 Å². The van der Waals surface area contributed by atoms with E-state index in [-0.39, 0.29) is 36.7 Å². The van der Waals surface area contributed by atoms with E-state index in [4.69, 9.17) is 5.73 Å². The molecule has 3 N–H and O–H groups in total. The average Bonchev–Trinajstić information content (AvgIpc) is 2.42. The number of hydrogen-bond acceptors (Lipinski definition) is 5. The predicted molar refractivity (Wildman–Crippen MR) is 74.7 cm³/mol. The van der Waals surface area contributed by atoms with Crippen LogP contribution in [0.5, 0.6) is 0 Å². The molecule has 7 heteroatoms. The number of likely N-dealkylation sites (N-methyl/N-ethyl adjacent to an activating group) is 1. The number of rotatable bonds is 8. The molecule has 2 amide bonds. The lowest BCUT2D eigenvalue weighted by Crippen LogP contribution is -2.47. The third kappa shape index (κ3) is 7.08. The van der Waals surface area contributed by atoms with Gasteiger partial charge in [0.2, 0.25) is 11.8 Å². The van der Waals surface area contributed by atoms with Crippen LogP contribution in [0.2, 0.25) is 0 Å². The molecule has 0 aliphatic heterocycles. The van der Waals surface area contributed by atoms with Crippen molar-refractivity contribution in [3.63, 3.8) is 0 Å². The maximum Gasteiger partial charge on any atom is 0.305 e. The molecule has 0 aromatic rings. The molecule has 7 nitrogen and oxygen atoms in total. The van der Waals surface area contributed by atoms with Crippen molar-refractivity contribution in [2.24, 2.45) is 11.7 Å². The smallest absolute Gasteiger partial charge is 0.305 e. The Labute approximate surface area is 119 Å². The molecular weight excluding hydrogens is 262 g/mol. The Hall–Kier alpha value is -1.63. The lowest BCUT2D eigenvalue weighted by atomic mass is 10.1. The summed E-state index contributed by atoms with van der Waals surface area (Å²) in [5.74, 6) is -0.847. The van der Waals surface area contributed by atoms with Gasteiger partial charge in [0.25, 0.3) is 0 Å². The van der Waals surface area contributed by atoms with Gasteiger partial charge in [-0.15, -0.1) is 0 Å². The van der Waals surface area contributed by atoms with E-state index in [1.807, 2.05) is 13.8 Å². The monoisotopic (exact) mass is 287 g/mol. The molecule has 0 unspecified atom stereocenters. The topological polar surface area (TPSA) is 102 Å². The SMILES string of the molecule is COC(=O)CCCN(C)C(=O)CNC(=O)[C@@H](N)C(C)C. The number of amides is 2. The summed E-state index contributed by atoms with van der Waals surface area (Å²) in [5, 5.41) is 2.51. The minimum atomic E-state index is -0.618. The second-order valence-corrected chi connectivity index (χ2v) is 4.98. The van der Waals surface area contributed by atoms with Crippen molar-refractivity contribution in [2.45, 2.75) is 32.7 Å². The highest BCUT2D eigenvalue weighted by atomic mass is 16.5. The standard InChI is InChI=1S/C13H25N3O4/c1-9(2)12(14)13(19)15-8-10(17)16(3)7-5-6-11(18)20-4/h9,12H,5-8,14H2,1-4H3,(H,15,19)/t12-/m0/s1. The first-order valence-corrected chi connectivity index (χ1v) is 6.63. The second kappa shape index (κ2) is 9.30. The highest BCUT2D eigenvalue weighted by Crippen LogP contribution is 1.98. The van der Waals surface area contributed by atoms with Gasteiger partial charge < -0.3 is 20.7 Å². The Morgan fingerprint density at radius 1 is 1.30 bits per heavy atom. The number of nitrogens with one attached hydrogen (secondary N) is 1. The fraction of sp³-hybridized carbons (Fsp3) is 0.769. The van der Waals surface area contributed by atoms with Crippen LogP contribution in [0.15, 0.2) is 0 Å². The van der Waals surface area contributed by atoms with Crippen LogP contribution >= 0.6 is 0 Å². The van der Waals surface area contributed by atoms with Gasteiger partial charge in [0, 0.05) is 20.0 Å².